The monoisotopic (exact) mass is 278 g/mol. The van der Waals surface area contributed by atoms with Crippen molar-refractivity contribution in [2.75, 3.05) is 5.32 Å². The van der Waals surface area contributed by atoms with Crippen LogP contribution in [0.15, 0.2) is 24.3 Å². The summed E-state index contributed by atoms with van der Waals surface area (Å²) in [6, 6.07) is 6.12. The standard InChI is InChI=1S/C15H22N2O3/c1-5-11(13(18)19)16-14(20)17-12-9-7-6-8-10(12)15(2,3)4/h6-9,11H,5H2,1-4H3,(H,18,19)(H2,16,17,20)/t11-/m1/s1. The molecule has 1 aromatic carbocycles. The maximum Gasteiger partial charge on any atom is 0.326 e. The van der Waals surface area contributed by atoms with Crippen LogP contribution in [-0.2, 0) is 10.2 Å². The van der Waals surface area contributed by atoms with Crippen molar-refractivity contribution in [3.8, 4) is 0 Å². The van der Waals surface area contributed by atoms with E-state index in [9.17, 15) is 9.59 Å². The molecule has 3 N–H and O–H groups in total. The molecule has 2 amide bonds. The number of carboxylic acid groups (broad SMARTS) is 1. The number of amides is 2. The third-order valence-corrected chi connectivity index (χ3v) is 2.99. The van der Waals surface area contributed by atoms with Crippen LogP contribution in [0.2, 0.25) is 0 Å². The number of carbonyl (C=O) groups is 2. The summed E-state index contributed by atoms with van der Waals surface area (Å²) in [5.74, 6) is -1.04. The summed E-state index contributed by atoms with van der Waals surface area (Å²) in [5, 5.41) is 14.1. The molecule has 0 aromatic heterocycles. The highest BCUT2D eigenvalue weighted by Gasteiger charge is 2.21. The van der Waals surface area contributed by atoms with Crippen molar-refractivity contribution in [2.45, 2.75) is 45.6 Å². The topological polar surface area (TPSA) is 78.4 Å². The Hall–Kier alpha value is -2.04. The van der Waals surface area contributed by atoms with E-state index in [2.05, 4.69) is 31.4 Å². The van der Waals surface area contributed by atoms with Gasteiger partial charge in [-0.1, -0.05) is 45.9 Å². The Morgan fingerprint density at radius 3 is 2.35 bits per heavy atom. The first kappa shape index (κ1) is 16.0. The molecule has 0 bridgehead atoms. The molecule has 0 fully saturated rings. The number of hydrogen-bond donors (Lipinski definition) is 3. The van der Waals surface area contributed by atoms with E-state index in [0.29, 0.717) is 12.1 Å². The summed E-state index contributed by atoms with van der Waals surface area (Å²) in [5.41, 5.74) is 1.58. The highest BCUT2D eigenvalue weighted by atomic mass is 16.4. The molecular formula is C15H22N2O3. The van der Waals surface area contributed by atoms with Gasteiger partial charge in [0, 0.05) is 5.69 Å². The van der Waals surface area contributed by atoms with Gasteiger partial charge in [-0.25, -0.2) is 9.59 Å². The second kappa shape index (κ2) is 6.41. The minimum absolute atomic E-state index is 0.110. The van der Waals surface area contributed by atoms with Crippen LogP contribution in [0.3, 0.4) is 0 Å². The first-order valence-electron chi connectivity index (χ1n) is 6.65. The van der Waals surface area contributed by atoms with Crippen LogP contribution in [0.4, 0.5) is 10.5 Å². The average molecular weight is 278 g/mol. The van der Waals surface area contributed by atoms with E-state index in [1.807, 2.05) is 24.3 Å². The predicted octanol–water partition coefficient (Wildman–Crippen LogP) is 2.97. The van der Waals surface area contributed by atoms with Gasteiger partial charge in [0.1, 0.15) is 6.04 Å². The quantitative estimate of drug-likeness (QED) is 0.792. The molecule has 0 aliphatic rings. The molecule has 1 rings (SSSR count). The van der Waals surface area contributed by atoms with E-state index in [0.717, 1.165) is 5.56 Å². The number of urea groups is 1. The molecule has 5 heteroatoms. The second-order valence-electron chi connectivity index (χ2n) is 5.69. The van der Waals surface area contributed by atoms with Crippen LogP contribution >= 0.6 is 0 Å². The van der Waals surface area contributed by atoms with Crippen molar-refractivity contribution in [2.24, 2.45) is 0 Å². The minimum Gasteiger partial charge on any atom is -0.480 e. The van der Waals surface area contributed by atoms with Gasteiger partial charge in [0.2, 0.25) is 0 Å². The van der Waals surface area contributed by atoms with Crippen molar-refractivity contribution in [3.63, 3.8) is 0 Å². The number of anilines is 1. The molecule has 0 spiro atoms. The van der Waals surface area contributed by atoms with Crippen molar-refractivity contribution in [1.82, 2.24) is 5.32 Å². The van der Waals surface area contributed by atoms with Gasteiger partial charge in [0.05, 0.1) is 0 Å². The van der Waals surface area contributed by atoms with Crippen LogP contribution < -0.4 is 10.6 Å². The fourth-order valence-electron chi connectivity index (χ4n) is 1.90. The number of carbonyl (C=O) groups excluding carboxylic acids is 1. The summed E-state index contributed by atoms with van der Waals surface area (Å²) in [6.07, 6.45) is 0.337. The Balaban J connectivity index is 2.84. The fourth-order valence-corrected chi connectivity index (χ4v) is 1.90. The lowest BCUT2D eigenvalue weighted by atomic mass is 9.86. The second-order valence-corrected chi connectivity index (χ2v) is 5.69. The van der Waals surface area contributed by atoms with Gasteiger partial charge in [-0.05, 0) is 23.5 Å². The van der Waals surface area contributed by atoms with E-state index in [4.69, 9.17) is 5.11 Å². The first-order chi connectivity index (χ1) is 9.25. The molecule has 0 aliphatic heterocycles. The molecule has 0 unspecified atom stereocenters. The Morgan fingerprint density at radius 1 is 1.25 bits per heavy atom. The van der Waals surface area contributed by atoms with Gasteiger partial charge in [-0.3, -0.25) is 0 Å². The van der Waals surface area contributed by atoms with E-state index < -0.39 is 18.0 Å². The average Bonchev–Trinajstić information content (AvgIpc) is 2.35. The van der Waals surface area contributed by atoms with Crippen LogP contribution in [0.1, 0.15) is 39.7 Å². The zero-order valence-corrected chi connectivity index (χ0v) is 12.4. The molecule has 110 valence electrons. The van der Waals surface area contributed by atoms with Gasteiger partial charge < -0.3 is 15.7 Å². The summed E-state index contributed by atoms with van der Waals surface area (Å²) in [4.78, 5) is 22.8. The van der Waals surface area contributed by atoms with Crippen molar-refractivity contribution < 1.29 is 14.7 Å². The third-order valence-electron chi connectivity index (χ3n) is 2.99. The van der Waals surface area contributed by atoms with Gasteiger partial charge in [0.15, 0.2) is 0 Å². The zero-order chi connectivity index (χ0) is 15.3. The van der Waals surface area contributed by atoms with Crippen LogP contribution in [-0.4, -0.2) is 23.1 Å². The van der Waals surface area contributed by atoms with Crippen molar-refractivity contribution in [3.05, 3.63) is 29.8 Å². The molecule has 0 radical (unpaired) electrons. The van der Waals surface area contributed by atoms with E-state index in [1.165, 1.54) is 0 Å². The normalized spacial score (nSPS) is 12.6. The lowest BCUT2D eigenvalue weighted by Crippen LogP contribution is -2.42. The number of benzene rings is 1. The number of aliphatic carboxylic acids is 1. The molecule has 1 atom stereocenters. The highest BCUT2D eigenvalue weighted by Crippen LogP contribution is 2.29. The Labute approximate surface area is 119 Å². The molecule has 0 saturated heterocycles. The molecule has 0 heterocycles. The molecular weight excluding hydrogens is 256 g/mol. The Bertz CT molecular complexity index is 492. The maximum absolute atomic E-state index is 11.9. The minimum atomic E-state index is -1.04. The maximum atomic E-state index is 11.9. The molecule has 0 aliphatic carbocycles. The lowest BCUT2D eigenvalue weighted by molar-refractivity contribution is -0.139. The summed E-state index contributed by atoms with van der Waals surface area (Å²) in [6.45, 7) is 7.87. The predicted molar refractivity (Wildman–Crippen MR) is 79.0 cm³/mol. The van der Waals surface area contributed by atoms with Gasteiger partial charge in [-0.2, -0.15) is 0 Å². The van der Waals surface area contributed by atoms with E-state index in [1.54, 1.807) is 6.92 Å². The summed E-state index contributed by atoms with van der Waals surface area (Å²) < 4.78 is 0. The van der Waals surface area contributed by atoms with Crippen LogP contribution in [0.25, 0.3) is 0 Å². The number of nitrogens with one attached hydrogen (secondary N) is 2. The van der Waals surface area contributed by atoms with Gasteiger partial charge in [0.25, 0.3) is 0 Å². The summed E-state index contributed by atoms with van der Waals surface area (Å²) >= 11 is 0. The lowest BCUT2D eigenvalue weighted by Gasteiger charge is -2.23. The molecule has 20 heavy (non-hydrogen) atoms. The van der Waals surface area contributed by atoms with Gasteiger partial charge >= 0.3 is 12.0 Å². The number of rotatable bonds is 4. The highest BCUT2D eigenvalue weighted by molar-refractivity contribution is 5.93. The van der Waals surface area contributed by atoms with Gasteiger partial charge in [-0.15, -0.1) is 0 Å². The SMILES string of the molecule is CC[C@@H](NC(=O)Nc1ccccc1C(C)(C)C)C(=O)O. The van der Waals surface area contributed by atoms with Crippen molar-refractivity contribution in [1.29, 1.82) is 0 Å². The molecule has 5 nitrogen and oxygen atoms in total. The Morgan fingerprint density at radius 2 is 1.85 bits per heavy atom. The Kier molecular flexibility index (Phi) is 5.13. The largest absolute Gasteiger partial charge is 0.480 e. The third kappa shape index (κ3) is 4.26. The van der Waals surface area contributed by atoms with E-state index in [-0.39, 0.29) is 5.41 Å². The molecule has 0 saturated carbocycles. The smallest absolute Gasteiger partial charge is 0.326 e. The van der Waals surface area contributed by atoms with Crippen LogP contribution in [0, 0.1) is 0 Å². The first-order valence-corrected chi connectivity index (χ1v) is 6.65. The zero-order valence-electron chi connectivity index (χ0n) is 12.4. The van der Waals surface area contributed by atoms with E-state index >= 15 is 0 Å². The van der Waals surface area contributed by atoms with Crippen molar-refractivity contribution >= 4 is 17.7 Å². The number of hydrogen-bond acceptors (Lipinski definition) is 2. The summed E-state index contributed by atoms with van der Waals surface area (Å²) in [7, 11) is 0. The fraction of sp³-hybridized carbons (Fsp3) is 0.467. The van der Waals surface area contributed by atoms with Crippen LogP contribution in [0.5, 0.6) is 0 Å². The molecule has 1 aromatic rings. The number of carboxylic acids is 1. The number of para-hydroxylation sites is 1.